The van der Waals surface area contributed by atoms with Gasteiger partial charge < -0.3 is 0 Å². The van der Waals surface area contributed by atoms with Crippen LogP contribution in [0.3, 0.4) is 0 Å². The molecule has 0 atom stereocenters. The van der Waals surface area contributed by atoms with E-state index < -0.39 is 0 Å². The van der Waals surface area contributed by atoms with E-state index in [-0.39, 0.29) is 5.91 Å². The molecule has 0 unspecified atom stereocenters. The number of carbonyl (C=O) groups is 1. The first-order valence-corrected chi connectivity index (χ1v) is 8.82. The molecule has 1 amide bonds. The Bertz CT molecular complexity index is 904. The highest BCUT2D eigenvalue weighted by Crippen LogP contribution is 2.34. The SMILES string of the molecule is CC(=O)N1CCN=C1c1c(-c2ccccc2)cccc1-c1ccccc1. The third-order valence-corrected chi connectivity index (χ3v) is 4.68. The van der Waals surface area contributed by atoms with Crippen LogP contribution in [0.15, 0.2) is 83.9 Å². The van der Waals surface area contributed by atoms with Gasteiger partial charge >= 0.3 is 0 Å². The van der Waals surface area contributed by atoms with E-state index >= 15 is 0 Å². The number of rotatable bonds is 3. The van der Waals surface area contributed by atoms with Crippen LogP contribution < -0.4 is 0 Å². The normalized spacial score (nSPS) is 13.6. The van der Waals surface area contributed by atoms with E-state index in [0.717, 1.165) is 33.7 Å². The number of amidine groups is 1. The lowest BCUT2D eigenvalue weighted by molar-refractivity contribution is -0.124. The second kappa shape index (κ2) is 6.96. The predicted molar refractivity (Wildman–Crippen MR) is 106 cm³/mol. The molecule has 3 heteroatoms. The highest BCUT2D eigenvalue weighted by atomic mass is 16.2. The Morgan fingerprint density at radius 2 is 1.35 bits per heavy atom. The molecule has 1 aliphatic rings. The van der Waals surface area contributed by atoms with Crippen molar-refractivity contribution in [3.63, 3.8) is 0 Å². The van der Waals surface area contributed by atoms with E-state index in [2.05, 4.69) is 42.5 Å². The van der Waals surface area contributed by atoms with Gasteiger partial charge in [-0.1, -0.05) is 78.9 Å². The molecular formula is C23H20N2O. The number of aliphatic imine (C=N–C) groups is 1. The smallest absolute Gasteiger partial charge is 0.225 e. The molecule has 0 saturated carbocycles. The van der Waals surface area contributed by atoms with Crippen molar-refractivity contribution in [3.05, 3.63) is 84.4 Å². The quantitative estimate of drug-likeness (QED) is 0.684. The summed E-state index contributed by atoms with van der Waals surface area (Å²) in [7, 11) is 0. The molecule has 0 N–H and O–H groups in total. The minimum absolute atomic E-state index is 0.0307. The molecule has 26 heavy (non-hydrogen) atoms. The second-order valence-electron chi connectivity index (χ2n) is 6.34. The largest absolute Gasteiger partial charge is 0.295 e. The lowest BCUT2D eigenvalue weighted by atomic mass is 9.90. The molecule has 4 rings (SSSR count). The minimum Gasteiger partial charge on any atom is -0.295 e. The topological polar surface area (TPSA) is 32.7 Å². The van der Waals surface area contributed by atoms with Crippen LogP contribution in [0.1, 0.15) is 12.5 Å². The fourth-order valence-corrected chi connectivity index (χ4v) is 3.48. The van der Waals surface area contributed by atoms with E-state index in [4.69, 9.17) is 4.99 Å². The van der Waals surface area contributed by atoms with Crippen molar-refractivity contribution in [3.8, 4) is 22.3 Å². The van der Waals surface area contributed by atoms with Crippen LogP contribution in [0.2, 0.25) is 0 Å². The summed E-state index contributed by atoms with van der Waals surface area (Å²) in [6.07, 6.45) is 0. The zero-order valence-electron chi connectivity index (χ0n) is 14.7. The predicted octanol–water partition coefficient (Wildman–Crippen LogP) is 4.63. The summed E-state index contributed by atoms with van der Waals surface area (Å²) < 4.78 is 0. The zero-order valence-corrected chi connectivity index (χ0v) is 14.7. The van der Waals surface area contributed by atoms with Crippen LogP contribution in [-0.4, -0.2) is 29.7 Å². The average molecular weight is 340 g/mol. The molecule has 0 saturated heterocycles. The fourth-order valence-electron chi connectivity index (χ4n) is 3.48. The van der Waals surface area contributed by atoms with Gasteiger partial charge in [0.15, 0.2) is 0 Å². The van der Waals surface area contributed by atoms with E-state index in [1.54, 1.807) is 11.8 Å². The highest BCUT2D eigenvalue weighted by molar-refractivity contribution is 6.15. The highest BCUT2D eigenvalue weighted by Gasteiger charge is 2.27. The van der Waals surface area contributed by atoms with Gasteiger partial charge in [-0.3, -0.25) is 14.7 Å². The Labute approximate surface area is 153 Å². The molecule has 128 valence electrons. The summed E-state index contributed by atoms with van der Waals surface area (Å²) in [6.45, 7) is 2.89. The molecular weight excluding hydrogens is 320 g/mol. The van der Waals surface area contributed by atoms with Crippen molar-refractivity contribution >= 4 is 11.7 Å². The minimum atomic E-state index is 0.0307. The molecule has 0 spiro atoms. The zero-order chi connectivity index (χ0) is 17.9. The van der Waals surface area contributed by atoms with Crippen LogP contribution in [0.4, 0.5) is 0 Å². The van der Waals surface area contributed by atoms with Crippen molar-refractivity contribution < 1.29 is 4.79 Å². The van der Waals surface area contributed by atoms with E-state index in [1.807, 2.05) is 36.4 Å². The number of hydrogen-bond donors (Lipinski definition) is 0. The lowest BCUT2D eigenvalue weighted by Gasteiger charge is -2.22. The third kappa shape index (κ3) is 2.92. The Morgan fingerprint density at radius 3 is 1.85 bits per heavy atom. The molecule has 0 aromatic heterocycles. The van der Waals surface area contributed by atoms with Crippen molar-refractivity contribution in [2.24, 2.45) is 4.99 Å². The van der Waals surface area contributed by atoms with Crippen LogP contribution in [0, 0.1) is 0 Å². The first-order chi connectivity index (χ1) is 12.8. The standard InChI is InChI=1S/C23H20N2O/c1-17(26)25-16-15-24-23(25)22-20(18-9-4-2-5-10-18)13-8-14-21(22)19-11-6-3-7-12-19/h2-14H,15-16H2,1H3. The summed E-state index contributed by atoms with van der Waals surface area (Å²) >= 11 is 0. The lowest BCUT2D eigenvalue weighted by Crippen LogP contribution is -2.33. The molecule has 1 heterocycles. The van der Waals surface area contributed by atoms with Crippen molar-refractivity contribution in [1.29, 1.82) is 0 Å². The maximum atomic E-state index is 12.2. The molecule has 3 aromatic rings. The van der Waals surface area contributed by atoms with Gasteiger partial charge in [0.25, 0.3) is 0 Å². The Hall–Kier alpha value is -3.20. The van der Waals surface area contributed by atoms with Gasteiger partial charge in [0.1, 0.15) is 5.84 Å². The van der Waals surface area contributed by atoms with Gasteiger partial charge in [-0.2, -0.15) is 0 Å². The van der Waals surface area contributed by atoms with Gasteiger partial charge in [0.2, 0.25) is 5.91 Å². The van der Waals surface area contributed by atoms with Crippen molar-refractivity contribution in [1.82, 2.24) is 4.90 Å². The molecule has 0 fully saturated rings. The number of benzene rings is 3. The van der Waals surface area contributed by atoms with Gasteiger partial charge in [0, 0.05) is 19.0 Å². The van der Waals surface area contributed by atoms with E-state index in [1.165, 1.54) is 0 Å². The molecule has 3 aromatic carbocycles. The van der Waals surface area contributed by atoms with Gasteiger partial charge in [-0.05, 0) is 22.3 Å². The number of carbonyl (C=O) groups excluding carboxylic acids is 1. The average Bonchev–Trinajstić information content (AvgIpc) is 3.18. The van der Waals surface area contributed by atoms with Crippen LogP contribution in [0.25, 0.3) is 22.3 Å². The molecule has 0 bridgehead atoms. The van der Waals surface area contributed by atoms with E-state index in [0.29, 0.717) is 13.1 Å². The Kier molecular flexibility index (Phi) is 4.36. The molecule has 3 nitrogen and oxygen atoms in total. The summed E-state index contributed by atoms with van der Waals surface area (Å²) in [5, 5.41) is 0. The summed E-state index contributed by atoms with van der Waals surface area (Å²) in [6, 6.07) is 26.8. The Balaban J connectivity index is 1.98. The van der Waals surface area contributed by atoms with Gasteiger partial charge in [-0.15, -0.1) is 0 Å². The van der Waals surface area contributed by atoms with Gasteiger partial charge in [0.05, 0.1) is 6.54 Å². The monoisotopic (exact) mass is 340 g/mol. The van der Waals surface area contributed by atoms with Crippen molar-refractivity contribution in [2.45, 2.75) is 6.92 Å². The molecule has 0 aliphatic carbocycles. The van der Waals surface area contributed by atoms with Crippen LogP contribution >= 0.6 is 0 Å². The fraction of sp³-hybridized carbons (Fsp3) is 0.130. The Morgan fingerprint density at radius 1 is 0.808 bits per heavy atom. The van der Waals surface area contributed by atoms with Gasteiger partial charge in [-0.25, -0.2) is 0 Å². The molecule has 1 aliphatic heterocycles. The second-order valence-corrected chi connectivity index (χ2v) is 6.34. The first-order valence-electron chi connectivity index (χ1n) is 8.82. The van der Waals surface area contributed by atoms with Crippen LogP contribution in [-0.2, 0) is 4.79 Å². The number of nitrogens with zero attached hydrogens (tertiary/aromatic N) is 2. The summed E-state index contributed by atoms with van der Waals surface area (Å²) in [5.74, 6) is 0.805. The summed E-state index contributed by atoms with van der Waals surface area (Å²) in [4.78, 5) is 18.7. The third-order valence-electron chi connectivity index (χ3n) is 4.68. The van der Waals surface area contributed by atoms with Crippen molar-refractivity contribution in [2.75, 3.05) is 13.1 Å². The number of amides is 1. The van der Waals surface area contributed by atoms with Crippen LogP contribution in [0.5, 0.6) is 0 Å². The maximum Gasteiger partial charge on any atom is 0.225 e. The maximum absolute atomic E-state index is 12.2. The number of hydrogen-bond acceptors (Lipinski definition) is 2. The summed E-state index contributed by atoms with van der Waals surface area (Å²) in [5.41, 5.74) is 5.46. The first kappa shape index (κ1) is 16.3. The molecule has 0 radical (unpaired) electrons. The van der Waals surface area contributed by atoms with E-state index in [9.17, 15) is 4.79 Å².